The van der Waals surface area contributed by atoms with Crippen molar-refractivity contribution in [2.45, 2.75) is 11.1 Å². The number of carbonyl (C=O) groups excluding carboxylic acids is 1. The second kappa shape index (κ2) is 7.24. The standard InChI is InChI=1S/C16H10F4N2O4S/c1-26-10-3-5-12(14(17)6-10)15(23)22-27(24,25)11-4-2-9(8-21)13(7-11)16(18,19)20/h2-7H,1H3,(H,22,23). The van der Waals surface area contributed by atoms with Gasteiger partial charge in [0.15, 0.2) is 0 Å². The van der Waals surface area contributed by atoms with Crippen molar-refractivity contribution in [3.8, 4) is 11.8 Å². The third-order valence-electron chi connectivity index (χ3n) is 3.38. The van der Waals surface area contributed by atoms with E-state index >= 15 is 0 Å². The molecule has 0 radical (unpaired) electrons. The lowest BCUT2D eigenvalue weighted by atomic mass is 10.1. The Bertz CT molecular complexity index is 1040. The number of nitrogens with zero attached hydrogens (tertiary/aromatic N) is 1. The van der Waals surface area contributed by atoms with Gasteiger partial charge in [-0.15, -0.1) is 0 Å². The van der Waals surface area contributed by atoms with Gasteiger partial charge in [0.2, 0.25) is 0 Å². The summed E-state index contributed by atoms with van der Waals surface area (Å²) in [5, 5.41) is 8.72. The van der Waals surface area contributed by atoms with Crippen LogP contribution < -0.4 is 9.46 Å². The maximum Gasteiger partial charge on any atom is 0.417 e. The van der Waals surface area contributed by atoms with Gasteiger partial charge in [-0.3, -0.25) is 4.79 Å². The van der Waals surface area contributed by atoms with E-state index in [1.165, 1.54) is 24.0 Å². The summed E-state index contributed by atoms with van der Waals surface area (Å²) in [5.74, 6) is -2.39. The minimum atomic E-state index is -4.98. The summed E-state index contributed by atoms with van der Waals surface area (Å²) in [6.45, 7) is 0. The van der Waals surface area contributed by atoms with E-state index in [1.54, 1.807) is 0 Å². The molecule has 0 aliphatic carbocycles. The number of halogens is 4. The molecule has 0 aliphatic rings. The highest BCUT2D eigenvalue weighted by molar-refractivity contribution is 7.90. The van der Waals surface area contributed by atoms with Crippen LogP contribution in [0.1, 0.15) is 21.5 Å². The number of hydrogen-bond donors (Lipinski definition) is 1. The van der Waals surface area contributed by atoms with E-state index in [0.717, 1.165) is 18.2 Å². The van der Waals surface area contributed by atoms with Crippen LogP contribution in [0.15, 0.2) is 41.3 Å². The number of carbonyl (C=O) groups is 1. The fourth-order valence-electron chi connectivity index (χ4n) is 2.07. The van der Waals surface area contributed by atoms with Crippen LogP contribution in [0.3, 0.4) is 0 Å². The Kier molecular flexibility index (Phi) is 5.41. The molecule has 1 N–H and O–H groups in total. The third-order valence-corrected chi connectivity index (χ3v) is 4.70. The van der Waals surface area contributed by atoms with Crippen LogP contribution >= 0.6 is 0 Å². The van der Waals surface area contributed by atoms with Gasteiger partial charge in [0.05, 0.1) is 34.8 Å². The molecule has 2 aromatic rings. The maximum absolute atomic E-state index is 13.9. The minimum absolute atomic E-state index is 0.0776. The summed E-state index contributed by atoms with van der Waals surface area (Å²) in [6.07, 6.45) is -4.98. The van der Waals surface area contributed by atoms with Crippen LogP contribution in [-0.2, 0) is 16.2 Å². The molecule has 1 amide bonds. The molecule has 2 aromatic carbocycles. The zero-order valence-corrected chi connectivity index (χ0v) is 14.3. The van der Waals surface area contributed by atoms with E-state index in [1.807, 2.05) is 0 Å². The van der Waals surface area contributed by atoms with Crippen molar-refractivity contribution in [3.63, 3.8) is 0 Å². The Hall–Kier alpha value is -3.13. The van der Waals surface area contributed by atoms with Gasteiger partial charge in [0.25, 0.3) is 15.9 Å². The molecule has 11 heteroatoms. The molecular weight excluding hydrogens is 392 g/mol. The lowest BCUT2D eigenvalue weighted by molar-refractivity contribution is -0.137. The number of benzene rings is 2. The van der Waals surface area contributed by atoms with Crippen molar-refractivity contribution in [2.24, 2.45) is 0 Å². The van der Waals surface area contributed by atoms with E-state index in [-0.39, 0.29) is 11.8 Å². The average molecular weight is 402 g/mol. The predicted molar refractivity (Wildman–Crippen MR) is 83.8 cm³/mol. The van der Waals surface area contributed by atoms with Gasteiger partial charge < -0.3 is 4.74 Å². The zero-order chi connectivity index (χ0) is 20.4. The molecule has 0 heterocycles. The molecule has 0 aromatic heterocycles. The monoisotopic (exact) mass is 402 g/mol. The summed E-state index contributed by atoms with van der Waals surface area (Å²) < 4.78 is 83.4. The number of amides is 1. The lowest BCUT2D eigenvalue weighted by Gasteiger charge is -2.12. The zero-order valence-electron chi connectivity index (χ0n) is 13.5. The number of nitrogens with one attached hydrogen (secondary N) is 1. The predicted octanol–water partition coefficient (Wildman–Crippen LogP) is 2.84. The Balaban J connectivity index is 2.40. The van der Waals surface area contributed by atoms with Crippen molar-refractivity contribution in [1.29, 1.82) is 5.26 Å². The number of nitriles is 1. The van der Waals surface area contributed by atoms with Gasteiger partial charge in [-0.2, -0.15) is 18.4 Å². The largest absolute Gasteiger partial charge is 0.497 e. The van der Waals surface area contributed by atoms with Crippen molar-refractivity contribution in [2.75, 3.05) is 7.11 Å². The topological polar surface area (TPSA) is 96.3 Å². The van der Waals surface area contributed by atoms with Crippen LogP contribution in [0, 0.1) is 17.1 Å². The highest BCUT2D eigenvalue weighted by atomic mass is 32.2. The molecule has 0 aliphatic heterocycles. The van der Waals surface area contributed by atoms with Crippen molar-refractivity contribution >= 4 is 15.9 Å². The fourth-order valence-corrected chi connectivity index (χ4v) is 3.06. The van der Waals surface area contributed by atoms with Crippen molar-refractivity contribution < 1.29 is 35.5 Å². The van der Waals surface area contributed by atoms with E-state index in [2.05, 4.69) is 0 Å². The van der Waals surface area contributed by atoms with Crippen LogP contribution in [0.5, 0.6) is 5.75 Å². The number of alkyl halides is 3. The smallest absolute Gasteiger partial charge is 0.417 e. The van der Waals surface area contributed by atoms with E-state index < -0.39 is 49.5 Å². The molecule has 0 spiro atoms. The second-order valence-corrected chi connectivity index (χ2v) is 6.78. The molecule has 0 saturated carbocycles. The van der Waals surface area contributed by atoms with E-state index in [0.29, 0.717) is 6.07 Å². The minimum Gasteiger partial charge on any atom is -0.497 e. The SMILES string of the molecule is COc1ccc(C(=O)NS(=O)(=O)c2ccc(C#N)c(C(F)(F)F)c2)c(F)c1. The Morgan fingerprint density at radius 2 is 1.85 bits per heavy atom. The molecular formula is C16H10F4N2O4S. The Morgan fingerprint density at radius 1 is 1.19 bits per heavy atom. The number of hydrogen-bond acceptors (Lipinski definition) is 5. The molecule has 0 fully saturated rings. The summed E-state index contributed by atoms with van der Waals surface area (Å²) in [5.41, 5.74) is -2.91. The number of methoxy groups -OCH3 is 1. The summed E-state index contributed by atoms with van der Waals surface area (Å²) >= 11 is 0. The van der Waals surface area contributed by atoms with Gasteiger partial charge in [0.1, 0.15) is 11.6 Å². The molecule has 2 rings (SSSR count). The van der Waals surface area contributed by atoms with Gasteiger partial charge in [-0.05, 0) is 30.3 Å². The number of sulfonamides is 1. The number of rotatable bonds is 4. The third kappa shape index (κ3) is 4.35. The molecule has 0 bridgehead atoms. The Labute approximate surface area is 151 Å². The quantitative estimate of drug-likeness (QED) is 0.794. The maximum atomic E-state index is 13.9. The summed E-state index contributed by atoms with van der Waals surface area (Å²) in [4.78, 5) is 11.1. The molecule has 0 atom stereocenters. The van der Waals surface area contributed by atoms with Crippen LogP contribution in [0.2, 0.25) is 0 Å². The van der Waals surface area contributed by atoms with Crippen LogP contribution in [0.25, 0.3) is 0 Å². The molecule has 6 nitrogen and oxygen atoms in total. The molecule has 27 heavy (non-hydrogen) atoms. The fraction of sp³-hybridized carbons (Fsp3) is 0.125. The van der Waals surface area contributed by atoms with Gasteiger partial charge in [-0.1, -0.05) is 0 Å². The van der Waals surface area contributed by atoms with E-state index in [9.17, 15) is 30.8 Å². The van der Waals surface area contributed by atoms with Gasteiger partial charge >= 0.3 is 6.18 Å². The number of ether oxygens (including phenoxy) is 1. The first-order valence-electron chi connectivity index (χ1n) is 7.01. The Morgan fingerprint density at radius 3 is 2.37 bits per heavy atom. The second-order valence-electron chi connectivity index (χ2n) is 5.10. The van der Waals surface area contributed by atoms with Crippen molar-refractivity contribution in [3.05, 3.63) is 58.9 Å². The van der Waals surface area contributed by atoms with Gasteiger partial charge in [-0.25, -0.2) is 17.5 Å². The highest BCUT2D eigenvalue weighted by Crippen LogP contribution is 2.33. The van der Waals surface area contributed by atoms with E-state index in [4.69, 9.17) is 10.00 Å². The lowest BCUT2D eigenvalue weighted by Crippen LogP contribution is -2.31. The first-order chi connectivity index (χ1) is 12.5. The molecule has 0 unspecified atom stereocenters. The van der Waals surface area contributed by atoms with Crippen LogP contribution in [0.4, 0.5) is 17.6 Å². The molecule has 142 valence electrons. The molecule has 0 saturated heterocycles. The van der Waals surface area contributed by atoms with Crippen molar-refractivity contribution in [1.82, 2.24) is 4.72 Å². The van der Waals surface area contributed by atoms with Crippen LogP contribution in [-0.4, -0.2) is 21.4 Å². The first kappa shape index (κ1) is 20.2. The first-order valence-corrected chi connectivity index (χ1v) is 8.50. The summed E-state index contributed by atoms with van der Waals surface area (Å²) in [7, 11) is -3.50. The van der Waals surface area contributed by atoms with Gasteiger partial charge in [0, 0.05) is 6.07 Å². The average Bonchev–Trinajstić information content (AvgIpc) is 2.59. The highest BCUT2D eigenvalue weighted by Gasteiger charge is 2.35. The normalized spacial score (nSPS) is 11.6. The summed E-state index contributed by atoms with van der Waals surface area (Å²) in [6, 6.07) is 5.91.